The topological polar surface area (TPSA) is 98.0 Å². The van der Waals surface area contributed by atoms with Crippen LogP contribution >= 0.6 is 11.3 Å². The fraction of sp³-hybridized carbons (Fsp3) is 0.200. The number of aryl methyl sites for hydroxylation is 1. The molecule has 18 heavy (non-hydrogen) atoms. The van der Waals surface area contributed by atoms with Crippen molar-refractivity contribution in [2.75, 3.05) is 10.5 Å². The molecule has 1 aromatic carbocycles. The average Bonchev–Trinajstić information content (AvgIpc) is 2.76. The van der Waals surface area contributed by atoms with E-state index in [1.165, 1.54) is 0 Å². The molecule has 0 bridgehead atoms. The highest BCUT2D eigenvalue weighted by atomic mass is 32.2. The SMILES string of the molecule is CCc1cccc(NS(=O)(=O)c2nnc(N)s2)c1. The number of nitrogens with zero attached hydrogens (tertiary/aromatic N) is 2. The molecule has 0 fully saturated rings. The molecule has 6 nitrogen and oxygen atoms in total. The summed E-state index contributed by atoms with van der Waals surface area (Å²) in [6.45, 7) is 2.00. The highest BCUT2D eigenvalue weighted by Gasteiger charge is 2.19. The third kappa shape index (κ3) is 2.77. The van der Waals surface area contributed by atoms with E-state index in [4.69, 9.17) is 5.73 Å². The van der Waals surface area contributed by atoms with Crippen LogP contribution < -0.4 is 10.5 Å². The molecule has 0 aliphatic rings. The van der Waals surface area contributed by atoms with Gasteiger partial charge in [-0.05, 0) is 24.1 Å². The van der Waals surface area contributed by atoms with Gasteiger partial charge in [0.2, 0.25) is 5.13 Å². The second kappa shape index (κ2) is 4.91. The van der Waals surface area contributed by atoms with E-state index in [1.807, 2.05) is 13.0 Å². The number of nitrogens with two attached hydrogens (primary N) is 1. The van der Waals surface area contributed by atoms with Gasteiger partial charge in [0.25, 0.3) is 14.4 Å². The van der Waals surface area contributed by atoms with E-state index in [0.717, 1.165) is 23.3 Å². The van der Waals surface area contributed by atoms with Crippen molar-refractivity contribution in [3.8, 4) is 0 Å². The van der Waals surface area contributed by atoms with E-state index >= 15 is 0 Å². The van der Waals surface area contributed by atoms with Gasteiger partial charge in [0.1, 0.15) is 0 Å². The van der Waals surface area contributed by atoms with Crippen molar-refractivity contribution >= 4 is 32.2 Å². The summed E-state index contributed by atoms with van der Waals surface area (Å²) in [5, 5.41) is 7.13. The number of hydrogen-bond donors (Lipinski definition) is 2. The van der Waals surface area contributed by atoms with Gasteiger partial charge in [-0.1, -0.05) is 30.4 Å². The number of anilines is 2. The second-order valence-electron chi connectivity index (χ2n) is 3.57. The van der Waals surface area contributed by atoms with Crippen LogP contribution in [0.1, 0.15) is 12.5 Å². The lowest BCUT2D eigenvalue weighted by atomic mass is 10.1. The number of nitrogens with one attached hydrogen (secondary N) is 1. The minimum absolute atomic E-state index is 0.123. The van der Waals surface area contributed by atoms with Crippen molar-refractivity contribution in [3.05, 3.63) is 29.8 Å². The molecule has 8 heteroatoms. The fourth-order valence-corrected chi connectivity index (χ4v) is 3.22. The molecule has 2 aromatic rings. The van der Waals surface area contributed by atoms with Crippen LogP contribution in [0.25, 0.3) is 0 Å². The lowest BCUT2D eigenvalue weighted by Gasteiger charge is -2.06. The highest BCUT2D eigenvalue weighted by Crippen LogP contribution is 2.21. The zero-order valence-corrected chi connectivity index (χ0v) is 11.3. The molecule has 0 unspecified atom stereocenters. The Morgan fingerprint density at radius 3 is 2.78 bits per heavy atom. The predicted octanol–water partition coefficient (Wildman–Crippen LogP) is 1.48. The molecule has 1 aromatic heterocycles. The number of sulfonamides is 1. The van der Waals surface area contributed by atoms with Gasteiger partial charge in [-0.2, -0.15) is 8.42 Å². The first kappa shape index (κ1) is 12.8. The van der Waals surface area contributed by atoms with Crippen LogP contribution in [-0.4, -0.2) is 18.6 Å². The molecule has 0 aliphatic heterocycles. The minimum Gasteiger partial charge on any atom is -0.374 e. The number of aromatic nitrogens is 2. The molecule has 0 saturated carbocycles. The summed E-state index contributed by atoms with van der Waals surface area (Å²) in [4.78, 5) is 0. The molecule has 0 atom stereocenters. The maximum atomic E-state index is 12.0. The maximum absolute atomic E-state index is 12.0. The van der Waals surface area contributed by atoms with Crippen molar-refractivity contribution < 1.29 is 8.42 Å². The number of nitrogen functional groups attached to an aromatic ring is 1. The molecule has 0 amide bonds. The van der Waals surface area contributed by atoms with Gasteiger partial charge < -0.3 is 5.73 Å². The van der Waals surface area contributed by atoms with E-state index in [9.17, 15) is 8.42 Å². The largest absolute Gasteiger partial charge is 0.374 e. The molecule has 3 N–H and O–H groups in total. The Kier molecular flexibility index (Phi) is 3.48. The Labute approximate surface area is 109 Å². The van der Waals surface area contributed by atoms with Gasteiger partial charge in [0, 0.05) is 5.69 Å². The normalized spacial score (nSPS) is 11.4. The minimum atomic E-state index is -3.70. The first-order valence-corrected chi connectivity index (χ1v) is 7.52. The molecule has 2 rings (SSSR count). The maximum Gasteiger partial charge on any atom is 0.291 e. The lowest BCUT2D eigenvalue weighted by molar-refractivity contribution is 0.599. The summed E-state index contributed by atoms with van der Waals surface area (Å²) >= 11 is 0.829. The Morgan fingerprint density at radius 2 is 2.17 bits per heavy atom. The third-order valence-electron chi connectivity index (χ3n) is 2.24. The predicted molar refractivity (Wildman–Crippen MR) is 70.9 cm³/mol. The summed E-state index contributed by atoms with van der Waals surface area (Å²) < 4.78 is 26.2. The van der Waals surface area contributed by atoms with Gasteiger partial charge >= 0.3 is 0 Å². The van der Waals surface area contributed by atoms with E-state index in [2.05, 4.69) is 14.9 Å². The zero-order chi connectivity index (χ0) is 13.2. The average molecular weight is 284 g/mol. The number of hydrogen-bond acceptors (Lipinski definition) is 6. The molecule has 0 radical (unpaired) electrons. The second-order valence-corrected chi connectivity index (χ2v) is 6.43. The van der Waals surface area contributed by atoms with E-state index in [1.54, 1.807) is 18.2 Å². The summed E-state index contributed by atoms with van der Waals surface area (Å²) in [6, 6.07) is 7.19. The van der Waals surface area contributed by atoms with E-state index in [-0.39, 0.29) is 9.47 Å². The van der Waals surface area contributed by atoms with Gasteiger partial charge in [-0.15, -0.1) is 10.2 Å². The Bertz CT molecular complexity index is 651. The van der Waals surface area contributed by atoms with Crippen LogP contribution in [-0.2, 0) is 16.4 Å². The Morgan fingerprint density at radius 1 is 1.39 bits per heavy atom. The molecular formula is C10H12N4O2S2. The summed E-state index contributed by atoms with van der Waals surface area (Å²) in [6.07, 6.45) is 0.835. The molecule has 0 spiro atoms. The van der Waals surface area contributed by atoms with Crippen molar-refractivity contribution in [1.29, 1.82) is 0 Å². The van der Waals surface area contributed by atoms with Crippen molar-refractivity contribution in [1.82, 2.24) is 10.2 Å². The van der Waals surface area contributed by atoms with Crippen LogP contribution in [0.5, 0.6) is 0 Å². The summed E-state index contributed by atoms with van der Waals surface area (Å²) in [7, 11) is -3.70. The first-order valence-electron chi connectivity index (χ1n) is 5.22. The van der Waals surface area contributed by atoms with Gasteiger partial charge in [0.15, 0.2) is 0 Å². The van der Waals surface area contributed by atoms with Crippen LogP contribution in [0.3, 0.4) is 0 Å². The van der Waals surface area contributed by atoms with Crippen LogP contribution in [0.15, 0.2) is 28.6 Å². The fourth-order valence-electron chi connectivity index (χ4n) is 1.38. The van der Waals surface area contributed by atoms with Gasteiger partial charge in [-0.25, -0.2) is 0 Å². The van der Waals surface area contributed by atoms with Crippen LogP contribution in [0, 0.1) is 0 Å². The third-order valence-corrected chi connectivity index (χ3v) is 4.74. The summed E-state index contributed by atoms with van der Waals surface area (Å²) in [5.74, 6) is 0. The molecule has 0 saturated heterocycles. The molecular weight excluding hydrogens is 272 g/mol. The van der Waals surface area contributed by atoms with Crippen LogP contribution in [0.4, 0.5) is 10.8 Å². The molecule has 0 aliphatic carbocycles. The molecule has 96 valence electrons. The smallest absolute Gasteiger partial charge is 0.291 e. The summed E-state index contributed by atoms with van der Waals surface area (Å²) in [5.41, 5.74) is 6.92. The van der Waals surface area contributed by atoms with Crippen molar-refractivity contribution in [2.24, 2.45) is 0 Å². The zero-order valence-electron chi connectivity index (χ0n) is 9.62. The molecule has 1 heterocycles. The highest BCUT2D eigenvalue weighted by molar-refractivity contribution is 7.94. The lowest BCUT2D eigenvalue weighted by Crippen LogP contribution is -2.12. The van der Waals surface area contributed by atoms with Gasteiger partial charge in [0.05, 0.1) is 0 Å². The van der Waals surface area contributed by atoms with Gasteiger partial charge in [-0.3, -0.25) is 4.72 Å². The van der Waals surface area contributed by atoms with E-state index < -0.39 is 10.0 Å². The first-order chi connectivity index (χ1) is 8.51. The monoisotopic (exact) mass is 284 g/mol. The Balaban J connectivity index is 2.27. The quantitative estimate of drug-likeness (QED) is 0.886. The number of benzene rings is 1. The standard InChI is InChI=1S/C10H12N4O2S2/c1-2-7-4-3-5-8(6-7)14-18(15,16)10-13-12-9(11)17-10/h3-6,14H,2H2,1H3,(H2,11,12). The van der Waals surface area contributed by atoms with Crippen LogP contribution in [0.2, 0.25) is 0 Å². The Hall–Kier alpha value is -1.67. The van der Waals surface area contributed by atoms with Crippen molar-refractivity contribution in [2.45, 2.75) is 17.7 Å². The number of rotatable bonds is 4. The van der Waals surface area contributed by atoms with E-state index in [0.29, 0.717) is 5.69 Å². The van der Waals surface area contributed by atoms with Crippen molar-refractivity contribution in [3.63, 3.8) is 0 Å².